The summed E-state index contributed by atoms with van der Waals surface area (Å²) >= 11 is 3.32. The van der Waals surface area contributed by atoms with Crippen molar-refractivity contribution in [2.75, 3.05) is 6.54 Å². The fourth-order valence-corrected chi connectivity index (χ4v) is 2.82. The predicted molar refractivity (Wildman–Crippen MR) is 89.5 cm³/mol. The Hall–Kier alpha value is -1.40. The van der Waals surface area contributed by atoms with Gasteiger partial charge in [0.1, 0.15) is 0 Å². The summed E-state index contributed by atoms with van der Waals surface area (Å²) in [6.07, 6.45) is 4.11. The minimum Gasteiger partial charge on any atom is -0.353 e. The highest BCUT2D eigenvalue weighted by Gasteiger charge is 2.19. The molecule has 1 fully saturated rings. The SMILES string of the molecule is NC1CCC(NC(=O)CCNC(=O)c2ccc(Br)cc2)CC1. The number of carbonyl (C=O) groups is 2. The molecule has 0 radical (unpaired) electrons. The molecular formula is C16H22BrN3O2. The summed E-state index contributed by atoms with van der Waals surface area (Å²) in [5.41, 5.74) is 6.43. The van der Waals surface area contributed by atoms with E-state index in [0.717, 1.165) is 30.2 Å². The molecule has 1 aliphatic carbocycles. The van der Waals surface area contributed by atoms with Gasteiger partial charge in [-0.15, -0.1) is 0 Å². The lowest BCUT2D eigenvalue weighted by Gasteiger charge is -2.26. The molecule has 120 valence electrons. The first-order valence-electron chi connectivity index (χ1n) is 7.63. The van der Waals surface area contributed by atoms with Crippen LogP contribution >= 0.6 is 15.9 Å². The van der Waals surface area contributed by atoms with Crippen molar-refractivity contribution in [2.45, 2.75) is 44.2 Å². The number of rotatable bonds is 5. The van der Waals surface area contributed by atoms with Crippen LogP contribution in [0, 0.1) is 0 Å². The summed E-state index contributed by atoms with van der Waals surface area (Å²) in [6, 6.07) is 7.62. The summed E-state index contributed by atoms with van der Waals surface area (Å²) in [4.78, 5) is 23.7. The van der Waals surface area contributed by atoms with E-state index in [1.54, 1.807) is 12.1 Å². The molecule has 5 nitrogen and oxygen atoms in total. The van der Waals surface area contributed by atoms with Crippen LogP contribution < -0.4 is 16.4 Å². The van der Waals surface area contributed by atoms with E-state index in [0.29, 0.717) is 18.5 Å². The van der Waals surface area contributed by atoms with Crippen LogP contribution in [0.1, 0.15) is 42.5 Å². The lowest BCUT2D eigenvalue weighted by Crippen LogP contribution is -2.41. The van der Waals surface area contributed by atoms with Crippen LogP contribution in [0.3, 0.4) is 0 Å². The monoisotopic (exact) mass is 367 g/mol. The van der Waals surface area contributed by atoms with Gasteiger partial charge in [0, 0.05) is 35.1 Å². The molecular weight excluding hydrogens is 346 g/mol. The van der Waals surface area contributed by atoms with Crippen LogP contribution in [-0.2, 0) is 4.79 Å². The van der Waals surface area contributed by atoms with Gasteiger partial charge in [0.05, 0.1) is 0 Å². The summed E-state index contributed by atoms with van der Waals surface area (Å²) < 4.78 is 0.927. The van der Waals surface area contributed by atoms with Gasteiger partial charge in [0.2, 0.25) is 5.91 Å². The van der Waals surface area contributed by atoms with Crippen molar-refractivity contribution in [1.29, 1.82) is 0 Å². The molecule has 2 rings (SSSR count). The topological polar surface area (TPSA) is 84.2 Å². The van der Waals surface area contributed by atoms with Gasteiger partial charge >= 0.3 is 0 Å². The molecule has 22 heavy (non-hydrogen) atoms. The van der Waals surface area contributed by atoms with E-state index >= 15 is 0 Å². The highest BCUT2D eigenvalue weighted by molar-refractivity contribution is 9.10. The zero-order valence-corrected chi connectivity index (χ0v) is 14.1. The highest BCUT2D eigenvalue weighted by Crippen LogP contribution is 2.16. The predicted octanol–water partition coefficient (Wildman–Crippen LogP) is 1.96. The Kier molecular flexibility index (Phi) is 6.39. The van der Waals surface area contributed by atoms with E-state index < -0.39 is 0 Å². The molecule has 2 amide bonds. The van der Waals surface area contributed by atoms with E-state index in [4.69, 9.17) is 5.73 Å². The molecule has 0 spiro atoms. The maximum Gasteiger partial charge on any atom is 0.251 e. The minimum absolute atomic E-state index is 0.0171. The Balaban J connectivity index is 1.66. The second kappa shape index (κ2) is 8.29. The quantitative estimate of drug-likeness (QED) is 0.743. The van der Waals surface area contributed by atoms with Gasteiger partial charge in [-0.2, -0.15) is 0 Å². The van der Waals surface area contributed by atoms with Crippen molar-refractivity contribution in [3.05, 3.63) is 34.3 Å². The molecule has 1 saturated carbocycles. The molecule has 4 N–H and O–H groups in total. The van der Waals surface area contributed by atoms with Crippen LogP contribution in [0.5, 0.6) is 0 Å². The molecule has 1 aromatic rings. The Morgan fingerprint density at radius 1 is 1.14 bits per heavy atom. The third-order valence-electron chi connectivity index (χ3n) is 3.88. The summed E-state index contributed by atoms with van der Waals surface area (Å²) in [6.45, 7) is 0.340. The fraction of sp³-hybridized carbons (Fsp3) is 0.500. The fourth-order valence-electron chi connectivity index (χ4n) is 2.56. The number of amides is 2. The van der Waals surface area contributed by atoms with E-state index in [1.807, 2.05) is 12.1 Å². The molecule has 0 aliphatic heterocycles. The number of benzene rings is 1. The number of nitrogens with two attached hydrogens (primary N) is 1. The molecule has 0 aromatic heterocycles. The number of hydrogen-bond donors (Lipinski definition) is 3. The zero-order valence-electron chi connectivity index (χ0n) is 12.5. The normalized spacial score (nSPS) is 21.2. The van der Waals surface area contributed by atoms with Gasteiger partial charge in [-0.3, -0.25) is 9.59 Å². The lowest BCUT2D eigenvalue weighted by atomic mass is 9.92. The van der Waals surface area contributed by atoms with Gasteiger partial charge in [-0.05, 0) is 49.9 Å². The number of halogens is 1. The first-order chi connectivity index (χ1) is 10.5. The Morgan fingerprint density at radius 3 is 2.41 bits per heavy atom. The van der Waals surface area contributed by atoms with Gasteiger partial charge in [-0.1, -0.05) is 15.9 Å². The molecule has 0 heterocycles. The third-order valence-corrected chi connectivity index (χ3v) is 4.41. The molecule has 0 saturated heterocycles. The average molecular weight is 368 g/mol. The van der Waals surface area contributed by atoms with E-state index in [1.165, 1.54) is 0 Å². The van der Waals surface area contributed by atoms with Crippen LogP contribution in [0.4, 0.5) is 0 Å². The second-order valence-electron chi connectivity index (χ2n) is 5.69. The van der Waals surface area contributed by atoms with Crippen molar-refractivity contribution in [1.82, 2.24) is 10.6 Å². The number of hydrogen-bond acceptors (Lipinski definition) is 3. The maximum atomic E-state index is 11.9. The van der Waals surface area contributed by atoms with E-state index in [-0.39, 0.29) is 23.9 Å². The molecule has 1 aliphatic rings. The van der Waals surface area contributed by atoms with Crippen molar-refractivity contribution in [3.63, 3.8) is 0 Å². The Morgan fingerprint density at radius 2 is 1.77 bits per heavy atom. The largest absolute Gasteiger partial charge is 0.353 e. The van der Waals surface area contributed by atoms with Crippen LogP contribution in [0.2, 0.25) is 0 Å². The zero-order chi connectivity index (χ0) is 15.9. The van der Waals surface area contributed by atoms with Crippen molar-refractivity contribution in [3.8, 4) is 0 Å². The maximum absolute atomic E-state index is 11.9. The first-order valence-corrected chi connectivity index (χ1v) is 8.42. The first kappa shape index (κ1) is 17.0. The molecule has 0 bridgehead atoms. The smallest absolute Gasteiger partial charge is 0.251 e. The molecule has 0 unspecified atom stereocenters. The summed E-state index contributed by atoms with van der Waals surface area (Å²) in [7, 11) is 0. The highest BCUT2D eigenvalue weighted by atomic mass is 79.9. The third kappa shape index (κ3) is 5.42. The van der Waals surface area contributed by atoms with Gasteiger partial charge in [0.15, 0.2) is 0 Å². The van der Waals surface area contributed by atoms with Gasteiger partial charge < -0.3 is 16.4 Å². The second-order valence-corrected chi connectivity index (χ2v) is 6.61. The van der Waals surface area contributed by atoms with Crippen molar-refractivity contribution in [2.24, 2.45) is 5.73 Å². The van der Waals surface area contributed by atoms with Gasteiger partial charge in [0.25, 0.3) is 5.91 Å². The summed E-state index contributed by atoms with van der Waals surface area (Å²) in [5, 5.41) is 5.77. The lowest BCUT2D eigenvalue weighted by molar-refractivity contribution is -0.121. The standard InChI is InChI=1S/C16H22BrN3O2/c17-12-3-1-11(2-4-12)16(22)19-10-9-15(21)20-14-7-5-13(18)6-8-14/h1-4,13-14H,5-10,18H2,(H,19,22)(H,20,21). The minimum atomic E-state index is -0.163. The Bertz CT molecular complexity index is 511. The van der Waals surface area contributed by atoms with Crippen LogP contribution in [0.15, 0.2) is 28.7 Å². The summed E-state index contributed by atoms with van der Waals surface area (Å²) in [5.74, 6) is -0.180. The molecule has 0 atom stereocenters. The average Bonchev–Trinajstić information content (AvgIpc) is 2.50. The molecule has 6 heteroatoms. The number of nitrogens with one attached hydrogen (secondary N) is 2. The van der Waals surface area contributed by atoms with Crippen LogP contribution in [-0.4, -0.2) is 30.4 Å². The van der Waals surface area contributed by atoms with E-state index in [9.17, 15) is 9.59 Å². The van der Waals surface area contributed by atoms with Crippen LogP contribution in [0.25, 0.3) is 0 Å². The Labute approximate surface area is 139 Å². The van der Waals surface area contributed by atoms with Crippen molar-refractivity contribution >= 4 is 27.7 Å². The van der Waals surface area contributed by atoms with Crippen molar-refractivity contribution < 1.29 is 9.59 Å². The van der Waals surface area contributed by atoms with Gasteiger partial charge in [-0.25, -0.2) is 0 Å². The number of carbonyl (C=O) groups excluding carboxylic acids is 2. The molecule has 1 aromatic carbocycles. The van der Waals surface area contributed by atoms with E-state index in [2.05, 4.69) is 26.6 Å².